The van der Waals surface area contributed by atoms with Gasteiger partial charge in [0.25, 0.3) is 5.91 Å². The molecule has 0 aliphatic carbocycles. The monoisotopic (exact) mass is 573 g/mol. The first kappa shape index (κ1) is 32.0. The average molecular weight is 574 g/mol. The van der Waals surface area contributed by atoms with Crippen molar-refractivity contribution in [2.75, 3.05) is 44.0 Å². The topological polar surface area (TPSA) is 122 Å². The molecule has 12 heteroatoms. The zero-order chi connectivity index (χ0) is 29.5. The molecule has 2 amide bonds. The van der Waals surface area contributed by atoms with Crippen molar-refractivity contribution in [3.8, 4) is 5.75 Å². The Morgan fingerprint density at radius 2 is 1.98 bits per heavy atom. The molecule has 40 heavy (non-hydrogen) atoms. The van der Waals surface area contributed by atoms with Crippen LogP contribution in [0.4, 0.5) is 15.9 Å². The number of nitrogens with zero attached hydrogens (tertiary/aromatic N) is 3. The highest BCUT2D eigenvalue weighted by Gasteiger charge is 2.16. The summed E-state index contributed by atoms with van der Waals surface area (Å²) in [4.78, 5) is 46.4. The number of aliphatic imine (C=N–C) groups is 1. The molecule has 0 spiro atoms. The summed E-state index contributed by atoms with van der Waals surface area (Å²) in [5.74, 6) is -0.0628. The summed E-state index contributed by atoms with van der Waals surface area (Å²) >= 11 is 5.80. The van der Waals surface area contributed by atoms with Crippen LogP contribution < -0.4 is 15.4 Å². The number of rotatable bonds is 10. The lowest BCUT2D eigenvalue weighted by atomic mass is 10.1. The molecule has 1 aromatic carbocycles. The molecule has 0 atom stereocenters. The second-order valence-electron chi connectivity index (χ2n) is 8.32. The summed E-state index contributed by atoms with van der Waals surface area (Å²) in [5.41, 5.74) is 0.393. The Balaban J connectivity index is 0.000000425. The Labute approximate surface area is 237 Å². The zero-order valence-electron chi connectivity index (χ0n) is 22.9. The Kier molecular flexibility index (Phi) is 13.3. The number of likely N-dealkylation sites (N-methyl/N-ethyl adjacent to an activating group) is 1. The highest BCUT2D eigenvalue weighted by molar-refractivity contribution is 6.30. The lowest BCUT2D eigenvalue weighted by Gasteiger charge is -2.13. The molecule has 1 aliphatic heterocycles. The van der Waals surface area contributed by atoms with Gasteiger partial charge in [0, 0.05) is 26.2 Å². The average Bonchev–Trinajstić information content (AvgIpc) is 3.33. The number of ether oxygens (including phenoxy) is 2. The lowest BCUT2D eigenvalue weighted by Crippen LogP contribution is -2.21. The van der Waals surface area contributed by atoms with Gasteiger partial charge in [-0.3, -0.25) is 14.6 Å². The number of esters is 1. The molecule has 3 rings (SSSR count). The highest BCUT2D eigenvalue weighted by Crippen LogP contribution is 2.24. The predicted octanol–water partition coefficient (Wildman–Crippen LogP) is 5.04. The van der Waals surface area contributed by atoms with E-state index in [1.165, 1.54) is 37.4 Å². The number of hydrogen-bond donors (Lipinski definition) is 2. The minimum absolute atomic E-state index is 0.126. The minimum atomic E-state index is -0.533. The molecule has 0 saturated carbocycles. The summed E-state index contributed by atoms with van der Waals surface area (Å²) in [5, 5.41) is 5.67. The number of pyridine rings is 1. The van der Waals surface area contributed by atoms with E-state index in [9.17, 15) is 18.8 Å². The molecule has 1 aromatic heterocycles. The number of hydrogen-bond acceptors (Lipinski definition) is 8. The zero-order valence-corrected chi connectivity index (χ0v) is 23.6. The number of nitrogens with one attached hydrogen (secondary N) is 2. The number of halogens is 2. The molecule has 2 aromatic rings. The summed E-state index contributed by atoms with van der Waals surface area (Å²) in [6.45, 7) is 6.59. The molecule has 0 saturated heterocycles. The molecule has 1 aliphatic rings. The maximum absolute atomic E-state index is 12.8. The third-order valence-electron chi connectivity index (χ3n) is 5.18. The van der Waals surface area contributed by atoms with Gasteiger partial charge in [0.2, 0.25) is 5.91 Å². The molecule has 10 nitrogen and oxygen atoms in total. The summed E-state index contributed by atoms with van der Waals surface area (Å²) in [7, 11) is 1.98. The van der Waals surface area contributed by atoms with Crippen LogP contribution in [0.2, 0.25) is 5.02 Å². The van der Waals surface area contributed by atoms with Crippen molar-refractivity contribution >= 4 is 46.7 Å². The van der Waals surface area contributed by atoms with E-state index in [-0.39, 0.29) is 41.9 Å². The van der Waals surface area contributed by atoms with E-state index in [4.69, 9.17) is 21.1 Å². The van der Waals surface area contributed by atoms with Gasteiger partial charge in [-0.2, -0.15) is 0 Å². The fourth-order valence-corrected chi connectivity index (χ4v) is 3.36. The standard InChI is InChI=1S/C20H20ClN3O5.C8H13FN2/c1-3-5-18(25)23-16-8-7-14(29-12-19(26)28-4-2)10-15(16)20(27)24-17-9-6-13(21)11-22-17;1-7(9)3-4-8-10-5-6-11(8)2/h3,5-11H,4,12H2,1-2H3,(H,23,25)(H,22,24,27);3H,4-6H2,1-2H3/b5-3+;7-3+. The van der Waals surface area contributed by atoms with Crippen LogP contribution in [0.1, 0.15) is 37.6 Å². The second-order valence-corrected chi connectivity index (χ2v) is 8.76. The van der Waals surface area contributed by atoms with E-state index in [1.54, 1.807) is 38.1 Å². The van der Waals surface area contributed by atoms with Crippen LogP contribution in [0, 0.1) is 0 Å². The van der Waals surface area contributed by atoms with Crippen molar-refractivity contribution in [2.24, 2.45) is 4.99 Å². The van der Waals surface area contributed by atoms with Gasteiger partial charge < -0.3 is 25.0 Å². The van der Waals surface area contributed by atoms with E-state index in [0.29, 0.717) is 11.4 Å². The first-order valence-corrected chi connectivity index (χ1v) is 12.9. The van der Waals surface area contributed by atoms with Gasteiger partial charge in [0.05, 0.1) is 35.3 Å². The molecule has 0 radical (unpaired) electrons. The van der Waals surface area contributed by atoms with Crippen LogP contribution in [0.5, 0.6) is 5.75 Å². The summed E-state index contributed by atoms with van der Waals surface area (Å²) < 4.78 is 22.4. The minimum Gasteiger partial charge on any atom is -0.482 e. The first-order chi connectivity index (χ1) is 19.1. The number of carbonyl (C=O) groups is 3. The van der Waals surface area contributed by atoms with Gasteiger partial charge in [0.1, 0.15) is 17.4 Å². The second kappa shape index (κ2) is 16.7. The fraction of sp³-hybridized carbons (Fsp3) is 0.321. The summed E-state index contributed by atoms with van der Waals surface area (Å²) in [6.07, 6.45) is 6.47. The van der Waals surface area contributed by atoms with Crippen LogP contribution >= 0.6 is 11.6 Å². The Hall–Kier alpha value is -4.25. The maximum Gasteiger partial charge on any atom is 0.344 e. The number of anilines is 2. The van der Waals surface area contributed by atoms with Crippen molar-refractivity contribution in [2.45, 2.75) is 27.2 Å². The van der Waals surface area contributed by atoms with Gasteiger partial charge >= 0.3 is 5.97 Å². The van der Waals surface area contributed by atoms with Gasteiger partial charge in [-0.15, -0.1) is 0 Å². The molecular weight excluding hydrogens is 541 g/mol. The fourth-order valence-electron chi connectivity index (χ4n) is 3.25. The molecule has 0 fully saturated rings. The molecule has 214 valence electrons. The number of aromatic nitrogens is 1. The van der Waals surface area contributed by atoms with Crippen molar-refractivity contribution < 1.29 is 28.2 Å². The number of benzene rings is 1. The van der Waals surface area contributed by atoms with Crippen LogP contribution in [-0.4, -0.2) is 66.9 Å². The molecule has 2 heterocycles. The largest absolute Gasteiger partial charge is 0.482 e. The van der Waals surface area contributed by atoms with E-state index in [2.05, 4.69) is 25.5 Å². The van der Waals surface area contributed by atoms with Crippen LogP contribution in [-0.2, 0) is 14.3 Å². The van der Waals surface area contributed by atoms with Gasteiger partial charge in [-0.05, 0) is 63.3 Å². The van der Waals surface area contributed by atoms with Crippen LogP contribution in [0.25, 0.3) is 0 Å². The van der Waals surface area contributed by atoms with E-state index in [0.717, 1.165) is 18.9 Å². The smallest absolute Gasteiger partial charge is 0.344 e. The number of amides is 2. The van der Waals surface area contributed by atoms with Crippen molar-refractivity contribution in [3.05, 3.63) is 71.2 Å². The Morgan fingerprint density at radius 1 is 1.20 bits per heavy atom. The Bertz CT molecular complexity index is 1260. The van der Waals surface area contributed by atoms with E-state index in [1.807, 2.05) is 7.05 Å². The number of carbonyl (C=O) groups excluding carboxylic acids is 3. The maximum atomic E-state index is 12.8. The normalized spacial score (nSPS) is 12.8. The van der Waals surface area contributed by atoms with Gasteiger partial charge in [-0.25, -0.2) is 14.2 Å². The van der Waals surface area contributed by atoms with E-state index < -0.39 is 17.8 Å². The quantitative estimate of drug-likeness (QED) is 0.302. The van der Waals surface area contributed by atoms with Crippen molar-refractivity contribution in [1.82, 2.24) is 9.88 Å². The predicted molar refractivity (Wildman–Crippen MR) is 154 cm³/mol. The lowest BCUT2D eigenvalue weighted by molar-refractivity contribution is -0.145. The van der Waals surface area contributed by atoms with E-state index >= 15 is 0 Å². The van der Waals surface area contributed by atoms with Crippen molar-refractivity contribution in [3.63, 3.8) is 0 Å². The number of amidine groups is 1. The highest BCUT2D eigenvalue weighted by atomic mass is 35.5. The summed E-state index contributed by atoms with van der Waals surface area (Å²) in [6, 6.07) is 7.57. The third kappa shape index (κ3) is 11.2. The Morgan fingerprint density at radius 3 is 2.58 bits per heavy atom. The molecule has 0 unspecified atom stereocenters. The molecular formula is C28H33ClFN5O5. The SMILES string of the molecule is C/C(F)=C\CC1=NCCN1C.C/C=C/C(=O)Nc1ccc(OCC(=O)OCC)cc1C(=O)Nc1ccc(Cl)cn1. The van der Waals surface area contributed by atoms with Gasteiger partial charge in [0.15, 0.2) is 6.61 Å². The molecule has 2 N–H and O–H groups in total. The van der Waals surface area contributed by atoms with Gasteiger partial charge in [-0.1, -0.05) is 17.7 Å². The third-order valence-corrected chi connectivity index (χ3v) is 5.40. The number of allylic oxidation sites excluding steroid dienone is 2. The van der Waals surface area contributed by atoms with Crippen LogP contribution in [0.3, 0.4) is 0 Å². The van der Waals surface area contributed by atoms with Crippen molar-refractivity contribution in [1.29, 1.82) is 0 Å². The molecule has 0 bridgehead atoms. The first-order valence-electron chi connectivity index (χ1n) is 12.5. The van der Waals surface area contributed by atoms with Crippen LogP contribution in [0.15, 0.2) is 65.6 Å².